The van der Waals surface area contributed by atoms with Crippen molar-refractivity contribution in [1.82, 2.24) is 24.5 Å². The Balaban J connectivity index is 1.64. The SMILES string of the molecule is CN(C)c1cc(NCc2cccnc2-n2cnc3ccccc32)ncn1. The molecule has 7 nitrogen and oxygen atoms in total. The first kappa shape index (κ1) is 16.0. The van der Waals surface area contributed by atoms with Gasteiger partial charge in [-0.2, -0.15) is 0 Å². The quantitative estimate of drug-likeness (QED) is 0.600. The molecule has 26 heavy (non-hydrogen) atoms. The molecule has 1 aromatic carbocycles. The Morgan fingerprint density at radius 3 is 2.77 bits per heavy atom. The van der Waals surface area contributed by atoms with Crippen molar-refractivity contribution in [2.24, 2.45) is 0 Å². The van der Waals surface area contributed by atoms with Crippen LogP contribution in [0.4, 0.5) is 11.6 Å². The molecule has 4 aromatic rings. The average molecular weight is 345 g/mol. The Bertz CT molecular complexity index is 1040. The molecule has 0 aliphatic rings. The molecule has 0 aliphatic heterocycles. The Morgan fingerprint density at radius 2 is 1.88 bits per heavy atom. The van der Waals surface area contributed by atoms with Crippen LogP contribution in [0.5, 0.6) is 0 Å². The van der Waals surface area contributed by atoms with Gasteiger partial charge in [-0.05, 0) is 18.2 Å². The number of rotatable bonds is 5. The number of hydrogen-bond acceptors (Lipinski definition) is 6. The number of pyridine rings is 1. The van der Waals surface area contributed by atoms with Crippen molar-refractivity contribution in [3.05, 3.63) is 66.9 Å². The van der Waals surface area contributed by atoms with Crippen LogP contribution in [0.15, 0.2) is 61.3 Å². The molecule has 4 rings (SSSR count). The van der Waals surface area contributed by atoms with Crippen LogP contribution in [-0.2, 0) is 6.54 Å². The van der Waals surface area contributed by atoms with Gasteiger partial charge in [0.2, 0.25) is 0 Å². The maximum absolute atomic E-state index is 4.57. The van der Waals surface area contributed by atoms with E-state index in [1.807, 2.05) is 66.3 Å². The van der Waals surface area contributed by atoms with Crippen LogP contribution in [0.25, 0.3) is 16.9 Å². The van der Waals surface area contributed by atoms with Crippen LogP contribution < -0.4 is 10.2 Å². The molecule has 0 amide bonds. The molecule has 3 aromatic heterocycles. The molecule has 0 saturated carbocycles. The van der Waals surface area contributed by atoms with Crippen LogP contribution in [0.2, 0.25) is 0 Å². The number of nitrogens with one attached hydrogen (secondary N) is 1. The minimum Gasteiger partial charge on any atom is -0.366 e. The minimum absolute atomic E-state index is 0.597. The standard InChI is InChI=1S/C19H19N7/c1-25(2)18-10-17(22-12-23-18)21-11-14-6-5-9-20-19(14)26-13-24-15-7-3-4-8-16(15)26/h3-10,12-13H,11H2,1-2H3,(H,21,22,23). The fourth-order valence-electron chi connectivity index (χ4n) is 2.79. The Morgan fingerprint density at radius 1 is 1.00 bits per heavy atom. The van der Waals surface area contributed by atoms with E-state index in [2.05, 4.69) is 31.3 Å². The molecule has 0 atom stereocenters. The number of nitrogens with zero attached hydrogens (tertiary/aromatic N) is 6. The zero-order valence-corrected chi connectivity index (χ0v) is 14.7. The molecule has 0 saturated heterocycles. The maximum atomic E-state index is 4.57. The van der Waals surface area contributed by atoms with Gasteiger partial charge in [0.1, 0.15) is 30.1 Å². The number of aromatic nitrogens is 5. The molecule has 0 unspecified atom stereocenters. The summed E-state index contributed by atoms with van der Waals surface area (Å²) < 4.78 is 2.01. The Kier molecular flexibility index (Phi) is 4.18. The van der Waals surface area contributed by atoms with Crippen molar-refractivity contribution in [1.29, 1.82) is 0 Å². The van der Waals surface area contributed by atoms with Gasteiger partial charge < -0.3 is 10.2 Å². The molecule has 0 radical (unpaired) electrons. The van der Waals surface area contributed by atoms with Gasteiger partial charge in [0.05, 0.1) is 11.0 Å². The van der Waals surface area contributed by atoms with Crippen LogP contribution in [0, 0.1) is 0 Å². The van der Waals surface area contributed by atoms with Crippen molar-refractivity contribution in [2.75, 3.05) is 24.3 Å². The van der Waals surface area contributed by atoms with Gasteiger partial charge in [0, 0.05) is 38.5 Å². The van der Waals surface area contributed by atoms with Crippen molar-refractivity contribution in [3.63, 3.8) is 0 Å². The van der Waals surface area contributed by atoms with E-state index in [0.29, 0.717) is 6.54 Å². The zero-order chi connectivity index (χ0) is 17.9. The van der Waals surface area contributed by atoms with E-state index in [9.17, 15) is 0 Å². The summed E-state index contributed by atoms with van der Waals surface area (Å²) in [6.07, 6.45) is 5.17. The lowest BCUT2D eigenvalue weighted by Crippen LogP contribution is -2.12. The van der Waals surface area contributed by atoms with Gasteiger partial charge in [0.15, 0.2) is 0 Å². The second-order valence-electron chi connectivity index (χ2n) is 6.10. The highest BCUT2D eigenvalue weighted by Gasteiger charge is 2.10. The van der Waals surface area contributed by atoms with Gasteiger partial charge >= 0.3 is 0 Å². The normalized spacial score (nSPS) is 10.8. The average Bonchev–Trinajstić information content (AvgIpc) is 3.11. The highest BCUT2D eigenvalue weighted by Crippen LogP contribution is 2.20. The molecule has 3 heterocycles. The summed E-state index contributed by atoms with van der Waals surface area (Å²) in [6.45, 7) is 0.597. The minimum atomic E-state index is 0.597. The van der Waals surface area contributed by atoms with Gasteiger partial charge in [-0.25, -0.2) is 19.9 Å². The van der Waals surface area contributed by atoms with E-state index in [-0.39, 0.29) is 0 Å². The predicted octanol–water partition coefficient (Wildman–Crippen LogP) is 2.89. The molecule has 130 valence electrons. The van der Waals surface area contributed by atoms with E-state index in [0.717, 1.165) is 34.1 Å². The van der Waals surface area contributed by atoms with E-state index in [1.165, 1.54) is 0 Å². The summed E-state index contributed by atoms with van der Waals surface area (Å²) >= 11 is 0. The summed E-state index contributed by atoms with van der Waals surface area (Å²) in [7, 11) is 3.91. The van der Waals surface area contributed by atoms with Gasteiger partial charge in [0.25, 0.3) is 0 Å². The smallest absolute Gasteiger partial charge is 0.143 e. The largest absolute Gasteiger partial charge is 0.366 e. The third-order valence-electron chi connectivity index (χ3n) is 4.12. The monoisotopic (exact) mass is 345 g/mol. The first-order chi connectivity index (χ1) is 12.7. The lowest BCUT2D eigenvalue weighted by molar-refractivity contribution is 0.963. The van der Waals surface area contributed by atoms with Gasteiger partial charge in [-0.1, -0.05) is 18.2 Å². The fourth-order valence-corrected chi connectivity index (χ4v) is 2.79. The highest BCUT2D eigenvalue weighted by molar-refractivity contribution is 5.77. The molecule has 0 bridgehead atoms. The van der Waals surface area contributed by atoms with Crippen LogP contribution >= 0.6 is 0 Å². The number of para-hydroxylation sites is 2. The zero-order valence-electron chi connectivity index (χ0n) is 14.7. The number of hydrogen-bond donors (Lipinski definition) is 1. The third-order valence-corrected chi connectivity index (χ3v) is 4.12. The Hall–Kier alpha value is -3.48. The summed E-state index contributed by atoms with van der Waals surface area (Å²) in [5.41, 5.74) is 3.04. The summed E-state index contributed by atoms with van der Waals surface area (Å²) in [5.74, 6) is 2.49. The third kappa shape index (κ3) is 3.06. The van der Waals surface area contributed by atoms with E-state index < -0.39 is 0 Å². The maximum Gasteiger partial charge on any atom is 0.143 e. The molecule has 0 aliphatic carbocycles. The van der Waals surface area contributed by atoms with Gasteiger partial charge in [-0.3, -0.25) is 4.57 Å². The van der Waals surface area contributed by atoms with Crippen molar-refractivity contribution >= 4 is 22.7 Å². The topological polar surface area (TPSA) is 71.8 Å². The van der Waals surface area contributed by atoms with Gasteiger partial charge in [-0.15, -0.1) is 0 Å². The van der Waals surface area contributed by atoms with Crippen molar-refractivity contribution in [3.8, 4) is 5.82 Å². The van der Waals surface area contributed by atoms with Crippen LogP contribution in [0.1, 0.15) is 5.56 Å². The summed E-state index contributed by atoms with van der Waals surface area (Å²) in [6, 6.07) is 13.9. The van der Waals surface area contributed by atoms with Crippen molar-refractivity contribution in [2.45, 2.75) is 6.54 Å². The van der Waals surface area contributed by atoms with Crippen molar-refractivity contribution < 1.29 is 0 Å². The molecule has 0 fully saturated rings. The number of anilines is 2. The van der Waals surface area contributed by atoms with E-state index in [4.69, 9.17) is 0 Å². The van der Waals surface area contributed by atoms with E-state index >= 15 is 0 Å². The predicted molar refractivity (Wildman–Crippen MR) is 103 cm³/mol. The second-order valence-corrected chi connectivity index (χ2v) is 6.10. The molecule has 1 N–H and O–H groups in total. The van der Waals surface area contributed by atoms with E-state index in [1.54, 1.807) is 12.5 Å². The number of benzene rings is 1. The Labute approximate surface area is 151 Å². The molecular formula is C19H19N7. The lowest BCUT2D eigenvalue weighted by Gasteiger charge is -2.14. The van der Waals surface area contributed by atoms with Crippen LogP contribution in [0.3, 0.4) is 0 Å². The summed E-state index contributed by atoms with van der Waals surface area (Å²) in [5, 5.41) is 3.36. The number of fused-ring (bicyclic) bond motifs is 1. The first-order valence-electron chi connectivity index (χ1n) is 8.32. The number of imidazole rings is 1. The molecule has 7 heteroatoms. The second kappa shape index (κ2) is 6.79. The summed E-state index contributed by atoms with van der Waals surface area (Å²) in [4.78, 5) is 19.5. The fraction of sp³-hybridized carbons (Fsp3) is 0.158. The molecular weight excluding hydrogens is 326 g/mol. The first-order valence-corrected chi connectivity index (χ1v) is 8.32. The van der Waals surface area contributed by atoms with Crippen LogP contribution in [-0.4, -0.2) is 38.6 Å². The lowest BCUT2D eigenvalue weighted by atomic mass is 10.2. The highest BCUT2D eigenvalue weighted by atomic mass is 15.2. The molecule has 0 spiro atoms.